The first kappa shape index (κ1) is 40.4. The standard InChI is InChI=1S/C37H75NO3/c1-8-10-12-14-16-18-20-22-24-26-28-30-32-38(35(39)37(5,6)41-34-36(3,4)40-7)33-31-29-27-25-23-21-19-17-15-13-11-9-2/h8-34H2,1-7H3. The fourth-order valence-electron chi connectivity index (χ4n) is 5.46. The Balaban J connectivity index is 4.38. The molecule has 1 amide bonds. The topological polar surface area (TPSA) is 38.8 Å². The molecule has 0 heterocycles. The first-order valence-electron chi connectivity index (χ1n) is 18.2. The number of hydrogen-bond acceptors (Lipinski definition) is 3. The van der Waals surface area contributed by atoms with Gasteiger partial charge in [0.25, 0.3) is 5.91 Å². The fraction of sp³-hybridized carbons (Fsp3) is 0.973. The van der Waals surface area contributed by atoms with Crippen molar-refractivity contribution < 1.29 is 14.3 Å². The van der Waals surface area contributed by atoms with Crippen LogP contribution in [0.4, 0.5) is 0 Å². The highest BCUT2D eigenvalue weighted by molar-refractivity contribution is 5.84. The van der Waals surface area contributed by atoms with E-state index in [2.05, 4.69) is 18.7 Å². The van der Waals surface area contributed by atoms with E-state index in [0.29, 0.717) is 6.61 Å². The average molecular weight is 582 g/mol. The van der Waals surface area contributed by atoms with Crippen molar-refractivity contribution in [3.63, 3.8) is 0 Å². The summed E-state index contributed by atoms with van der Waals surface area (Å²) in [5, 5.41) is 0. The Bertz CT molecular complexity index is 547. The second-order valence-corrected chi connectivity index (χ2v) is 13.8. The van der Waals surface area contributed by atoms with E-state index >= 15 is 0 Å². The van der Waals surface area contributed by atoms with Crippen LogP contribution in [0.1, 0.15) is 196 Å². The van der Waals surface area contributed by atoms with Crippen LogP contribution in [0.2, 0.25) is 0 Å². The summed E-state index contributed by atoms with van der Waals surface area (Å²) in [5.41, 5.74) is -1.22. The molecule has 4 nitrogen and oxygen atoms in total. The second-order valence-electron chi connectivity index (χ2n) is 13.8. The quantitative estimate of drug-likeness (QED) is 0.0764. The number of ether oxygens (including phenoxy) is 2. The number of amides is 1. The maximum absolute atomic E-state index is 13.6. The van der Waals surface area contributed by atoms with Crippen molar-refractivity contribution in [2.75, 3.05) is 26.8 Å². The molecule has 4 heteroatoms. The van der Waals surface area contributed by atoms with Gasteiger partial charge in [0.15, 0.2) is 0 Å². The van der Waals surface area contributed by atoms with Crippen LogP contribution in [0.25, 0.3) is 0 Å². The van der Waals surface area contributed by atoms with E-state index in [0.717, 1.165) is 25.9 Å². The van der Waals surface area contributed by atoms with Gasteiger partial charge >= 0.3 is 0 Å². The van der Waals surface area contributed by atoms with Crippen molar-refractivity contribution >= 4 is 5.91 Å². The van der Waals surface area contributed by atoms with E-state index in [4.69, 9.17) is 9.47 Å². The zero-order valence-corrected chi connectivity index (χ0v) is 29.3. The highest BCUT2D eigenvalue weighted by atomic mass is 16.5. The van der Waals surface area contributed by atoms with E-state index in [1.54, 1.807) is 7.11 Å². The van der Waals surface area contributed by atoms with Gasteiger partial charge in [0.1, 0.15) is 5.60 Å². The lowest BCUT2D eigenvalue weighted by molar-refractivity contribution is -0.163. The van der Waals surface area contributed by atoms with Crippen molar-refractivity contribution in [2.24, 2.45) is 0 Å². The molecule has 41 heavy (non-hydrogen) atoms. The predicted molar refractivity (Wildman–Crippen MR) is 180 cm³/mol. The van der Waals surface area contributed by atoms with Crippen LogP contribution < -0.4 is 0 Å². The molecule has 0 spiro atoms. The molecule has 0 aliphatic heterocycles. The third-order valence-electron chi connectivity index (χ3n) is 8.70. The normalized spacial score (nSPS) is 12.3. The lowest BCUT2D eigenvalue weighted by Crippen LogP contribution is -2.49. The van der Waals surface area contributed by atoms with Crippen LogP contribution in [0.5, 0.6) is 0 Å². The maximum atomic E-state index is 13.6. The van der Waals surface area contributed by atoms with Crippen LogP contribution in [0.15, 0.2) is 0 Å². The minimum Gasteiger partial charge on any atom is -0.376 e. The zero-order chi connectivity index (χ0) is 30.7. The molecule has 0 unspecified atom stereocenters. The summed E-state index contributed by atoms with van der Waals surface area (Å²) in [7, 11) is 1.70. The van der Waals surface area contributed by atoms with E-state index in [1.807, 2.05) is 27.7 Å². The molecule has 0 N–H and O–H groups in total. The van der Waals surface area contributed by atoms with Gasteiger partial charge in [-0.1, -0.05) is 155 Å². The molecule has 0 aliphatic carbocycles. The van der Waals surface area contributed by atoms with Gasteiger partial charge in [-0.15, -0.1) is 0 Å². The second kappa shape index (κ2) is 27.0. The molecule has 0 atom stereocenters. The summed E-state index contributed by atoms with van der Waals surface area (Å²) in [4.78, 5) is 15.7. The molecule has 0 saturated carbocycles. The van der Waals surface area contributed by atoms with Crippen LogP contribution >= 0.6 is 0 Å². The Morgan fingerprint density at radius 2 is 0.805 bits per heavy atom. The van der Waals surface area contributed by atoms with Gasteiger partial charge in [-0.3, -0.25) is 4.79 Å². The van der Waals surface area contributed by atoms with E-state index in [1.165, 1.54) is 141 Å². The summed E-state index contributed by atoms with van der Waals surface area (Å²) in [6, 6.07) is 0. The Morgan fingerprint density at radius 1 is 0.512 bits per heavy atom. The van der Waals surface area contributed by atoms with Gasteiger partial charge in [0.2, 0.25) is 0 Å². The lowest BCUT2D eigenvalue weighted by atomic mass is 10.0. The van der Waals surface area contributed by atoms with Crippen molar-refractivity contribution in [1.29, 1.82) is 0 Å². The number of carbonyl (C=O) groups excluding carboxylic acids is 1. The molecule has 0 aliphatic rings. The molecular weight excluding hydrogens is 506 g/mol. The molecule has 0 radical (unpaired) electrons. The number of rotatable bonds is 31. The average Bonchev–Trinajstić information content (AvgIpc) is 2.95. The minimum absolute atomic E-state index is 0.135. The Morgan fingerprint density at radius 3 is 1.10 bits per heavy atom. The van der Waals surface area contributed by atoms with Gasteiger partial charge in [0, 0.05) is 20.2 Å². The number of methoxy groups -OCH3 is 1. The predicted octanol–water partition coefficient (Wildman–Crippen LogP) is 11.4. The maximum Gasteiger partial charge on any atom is 0.254 e. The van der Waals surface area contributed by atoms with E-state index in [-0.39, 0.29) is 5.91 Å². The van der Waals surface area contributed by atoms with Crippen LogP contribution in [-0.4, -0.2) is 48.8 Å². The van der Waals surface area contributed by atoms with Gasteiger partial charge in [-0.05, 0) is 40.5 Å². The third kappa shape index (κ3) is 24.5. The molecule has 0 aromatic carbocycles. The molecule has 0 fully saturated rings. The molecule has 0 bridgehead atoms. The van der Waals surface area contributed by atoms with Crippen LogP contribution in [0.3, 0.4) is 0 Å². The minimum atomic E-state index is -0.829. The van der Waals surface area contributed by atoms with Crippen molar-refractivity contribution in [1.82, 2.24) is 4.90 Å². The molecule has 0 aromatic rings. The van der Waals surface area contributed by atoms with Crippen molar-refractivity contribution in [3.05, 3.63) is 0 Å². The summed E-state index contributed by atoms with van der Waals surface area (Å²) in [5.74, 6) is 0.135. The molecule has 0 aromatic heterocycles. The highest BCUT2D eigenvalue weighted by Gasteiger charge is 2.34. The molecule has 0 rings (SSSR count). The summed E-state index contributed by atoms with van der Waals surface area (Å²) in [6.07, 6.45) is 32.1. The Kier molecular flexibility index (Phi) is 26.6. The van der Waals surface area contributed by atoms with Gasteiger partial charge in [-0.25, -0.2) is 0 Å². The van der Waals surface area contributed by atoms with Crippen LogP contribution in [0, 0.1) is 0 Å². The largest absolute Gasteiger partial charge is 0.376 e. The molecule has 246 valence electrons. The number of nitrogens with zero attached hydrogens (tertiary/aromatic N) is 1. The highest BCUT2D eigenvalue weighted by Crippen LogP contribution is 2.20. The summed E-state index contributed by atoms with van der Waals surface area (Å²) >= 11 is 0. The van der Waals surface area contributed by atoms with Crippen LogP contribution in [-0.2, 0) is 14.3 Å². The zero-order valence-electron chi connectivity index (χ0n) is 29.3. The van der Waals surface area contributed by atoms with Crippen molar-refractivity contribution in [2.45, 2.75) is 207 Å². The monoisotopic (exact) mass is 582 g/mol. The first-order chi connectivity index (χ1) is 19.7. The number of carbonyl (C=O) groups is 1. The van der Waals surface area contributed by atoms with Crippen molar-refractivity contribution in [3.8, 4) is 0 Å². The van der Waals surface area contributed by atoms with Gasteiger partial charge < -0.3 is 14.4 Å². The number of hydrogen-bond donors (Lipinski definition) is 0. The smallest absolute Gasteiger partial charge is 0.254 e. The molecular formula is C37H75NO3. The van der Waals surface area contributed by atoms with E-state index in [9.17, 15) is 4.79 Å². The Hall–Kier alpha value is -0.610. The van der Waals surface area contributed by atoms with Gasteiger partial charge in [-0.2, -0.15) is 0 Å². The fourth-order valence-corrected chi connectivity index (χ4v) is 5.46. The number of unbranched alkanes of at least 4 members (excludes halogenated alkanes) is 22. The molecule has 0 saturated heterocycles. The van der Waals surface area contributed by atoms with Gasteiger partial charge in [0.05, 0.1) is 12.2 Å². The Labute approximate surface area is 258 Å². The lowest BCUT2D eigenvalue weighted by Gasteiger charge is -2.34. The van der Waals surface area contributed by atoms with E-state index < -0.39 is 11.2 Å². The SMILES string of the molecule is CCCCCCCCCCCCCCN(CCCCCCCCCCCCCC)C(=O)C(C)(C)OCC(C)(C)OC. The third-order valence-corrected chi connectivity index (χ3v) is 8.70. The summed E-state index contributed by atoms with van der Waals surface area (Å²) in [6.45, 7) is 14.6. The first-order valence-corrected chi connectivity index (χ1v) is 18.2. The summed E-state index contributed by atoms with van der Waals surface area (Å²) < 4.78 is 11.7.